The number of amides is 3. The number of aromatic nitrogens is 1. The van der Waals surface area contributed by atoms with Crippen LogP contribution in [0.5, 0.6) is 5.75 Å². The quantitative estimate of drug-likeness (QED) is 0.534. The fraction of sp³-hybridized carbons (Fsp3) is 0.174. The first kappa shape index (κ1) is 20.9. The summed E-state index contributed by atoms with van der Waals surface area (Å²) in [5, 5.41) is 8.45. The molecule has 0 fully saturated rings. The summed E-state index contributed by atoms with van der Waals surface area (Å²) in [6, 6.07) is 19.9. The van der Waals surface area contributed by atoms with Gasteiger partial charge in [-0.25, -0.2) is 4.79 Å². The average molecular weight is 404 g/mol. The largest absolute Gasteiger partial charge is 0.491 e. The van der Waals surface area contributed by atoms with E-state index in [0.29, 0.717) is 24.6 Å². The SMILES string of the molecule is CC(=O)N[C@H](COc1ccc(NC(=O)NCc2cccnc2)cc1)c1ccccc1. The fourth-order valence-corrected chi connectivity index (χ4v) is 2.83. The van der Waals surface area contributed by atoms with Crippen molar-refractivity contribution in [1.29, 1.82) is 0 Å². The van der Waals surface area contributed by atoms with Crippen molar-refractivity contribution in [3.05, 3.63) is 90.3 Å². The summed E-state index contributed by atoms with van der Waals surface area (Å²) in [6.45, 7) is 2.17. The van der Waals surface area contributed by atoms with Crippen LogP contribution in [0.25, 0.3) is 0 Å². The minimum absolute atomic E-state index is 0.121. The normalized spacial score (nSPS) is 11.2. The van der Waals surface area contributed by atoms with E-state index in [1.165, 1.54) is 6.92 Å². The molecule has 3 amide bonds. The second kappa shape index (κ2) is 10.6. The summed E-state index contributed by atoms with van der Waals surface area (Å²) in [4.78, 5) is 27.6. The number of hydrogen-bond acceptors (Lipinski definition) is 4. The van der Waals surface area contributed by atoms with Crippen LogP contribution < -0.4 is 20.7 Å². The van der Waals surface area contributed by atoms with Gasteiger partial charge < -0.3 is 20.7 Å². The molecule has 3 N–H and O–H groups in total. The molecular formula is C23H24N4O3. The van der Waals surface area contributed by atoms with Crippen LogP contribution >= 0.6 is 0 Å². The highest BCUT2D eigenvalue weighted by atomic mass is 16.5. The molecule has 0 unspecified atom stereocenters. The first-order valence-corrected chi connectivity index (χ1v) is 9.59. The lowest BCUT2D eigenvalue weighted by Crippen LogP contribution is -2.30. The summed E-state index contributed by atoms with van der Waals surface area (Å²) in [6.07, 6.45) is 3.39. The van der Waals surface area contributed by atoms with Crippen molar-refractivity contribution in [1.82, 2.24) is 15.6 Å². The molecule has 2 aromatic carbocycles. The second-order valence-electron chi connectivity index (χ2n) is 6.67. The number of carbonyl (C=O) groups excluding carboxylic acids is 2. The molecule has 3 aromatic rings. The first-order chi connectivity index (χ1) is 14.6. The molecule has 7 heteroatoms. The molecular weight excluding hydrogens is 380 g/mol. The van der Waals surface area contributed by atoms with Crippen LogP contribution in [0.1, 0.15) is 24.1 Å². The number of urea groups is 1. The third-order valence-corrected chi connectivity index (χ3v) is 4.28. The summed E-state index contributed by atoms with van der Waals surface area (Å²) in [5.74, 6) is 0.520. The van der Waals surface area contributed by atoms with Crippen molar-refractivity contribution in [2.24, 2.45) is 0 Å². The van der Waals surface area contributed by atoms with E-state index in [9.17, 15) is 9.59 Å². The number of ether oxygens (including phenoxy) is 1. The zero-order chi connectivity index (χ0) is 21.2. The minimum atomic E-state index is -0.303. The van der Waals surface area contributed by atoms with Crippen molar-refractivity contribution in [3.63, 3.8) is 0 Å². The van der Waals surface area contributed by atoms with Crippen LogP contribution in [-0.2, 0) is 11.3 Å². The van der Waals surface area contributed by atoms with E-state index in [1.54, 1.807) is 36.7 Å². The van der Waals surface area contributed by atoms with E-state index < -0.39 is 0 Å². The summed E-state index contributed by atoms with van der Waals surface area (Å²) < 4.78 is 5.84. The first-order valence-electron chi connectivity index (χ1n) is 9.59. The maximum Gasteiger partial charge on any atom is 0.319 e. The Morgan fingerprint density at radius 1 is 1.00 bits per heavy atom. The average Bonchev–Trinajstić information content (AvgIpc) is 2.77. The van der Waals surface area contributed by atoms with Crippen LogP contribution in [0.2, 0.25) is 0 Å². The van der Waals surface area contributed by atoms with Gasteiger partial charge in [-0.1, -0.05) is 36.4 Å². The molecule has 0 aliphatic carbocycles. The van der Waals surface area contributed by atoms with Gasteiger partial charge in [0.05, 0.1) is 6.04 Å². The Morgan fingerprint density at radius 3 is 2.43 bits per heavy atom. The highest BCUT2D eigenvalue weighted by Crippen LogP contribution is 2.19. The zero-order valence-electron chi connectivity index (χ0n) is 16.7. The van der Waals surface area contributed by atoms with Crippen molar-refractivity contribution >= 4 is 17.6 Å². The van der Waals surface area contributed by atoms with Crippen LogP contribution in [0.4, 0.5) is 10.5 Å². The number of anilines is 1. The highest BCUT2D eigenvalue weighted by Gasteiger charge is 2.13. The molecule has 0 saturated heterocycles. The maximum atomic E-state index is 12.0. The second-order valence-corrected chi connectivity index (χ2v) is 6.67. The predicted octanol–water partition coefficient (Wildman–Crippen LogP) is 3.66. The van der Waals surface area contributed by atoms with Crippen LogP contribution in [0.3, 0.4) is 0 Å². The van der Waals surface area contributed by atoms with E-state index >= 15 is 0 Å². The molecule has 0 aliphatic heterocycles. The monoisotopic (exact) mass is 404 g/mol. The van der Waals surface area contributed by atoms with Gasteiger partial charge in [-0.2, -0.15) is 0 Å². The van der Waals surface area contributed by atoms with E-state index in [4.69, 9.17) is 4.74 Å². The van der Waals surface area contributed by atoms with E-state index in [2.05, 4.69) is 20.9 Å². The molecule has 30 heavy (non-hydrogen) atoms. The Hall–Kier alpha value is -3.87. The predicted molar refractivity (Wildman–Crippen MR) is 115 cm³/mol. The summed E-state index contributed by atoms with van der Waals surface area (Å²) in [7, 11) is 0. The molecule has 0 bridgehead atoms. The van der Waals surface area contributed by atoms with Crippen molar-refractivity contribution in [2.45, 2.75) is 19.5 Å². The standard InChI is InChI=1S/C23H24N4O3/c1-17(28)26-22(19-7-3-2-4-8-19)16-30-21-11-9-20(10-12-21)27-23(29)25-15-18-6-5-13-24-14-18/h2-14,22H,15-16H2,1H3,(H,26,28)(H2,25,27,29)/t22-/m1/s1. The fourth-order valence-electron chi connectivity index (χ4n) is 2.83. The molecule has 1 atom stereocenters. The Balaban J connectivity index is 1.50. The molecule has 3 rings (SSSR count). The van der Waals surface area contributed by atoms with Crippen molar-refractivity contribution < 1.29 is 14.3 Å². The van der Waals surface area contributed by atoms with Crippen molar-refractivity contribution in [3.8, 4) is 5.75 Å². The van der Waals surface area contributed by atoms with E-state index in [0.717, 1.165) is 11.1 Å². The number of hydrogen-bond donors (Lipinski definition) is 3. The van der Waals surface area contributed by atoms with Gasteiger partial charge in [0.25, 0.3) is 0 Å². The molecule has 7 nitrogen and oxygen atoms in total. The Morgan fingerprint density at radius 2 is 1.77 bits per heavy atom. The summed E-state index contributed by atoms with van der Waals surface area (Å²) in [5.41, 5.74) is 2.53. The van der Waals surface area contributed by atoms with Gasteiger partial charge in [-0.15, -0.1) is 0 Å². The lowest BCUT2D eigenvalue weighted by molar-refractivity contribution is -0.119. The minimum Gasteiger partial charge on any atom is -0.491 e. The molecule has 1 aromatic heterocycles. The zero-order valence-corrected chi connectivity index (χ0v) is 16.7. The van der Waals surface area contributed by atoms with Crippen LogP contribution in [-0.4, -0.2) is 23.5 Å². The number of benzene rings is 2. The molecule has 0 spiro atoms. The van der Waals surface area contributed by atoms with Gasteiger partial charge in [0.2, 0.25) is 5.91 Å². The van der Waals surface area contributed by atoms with Gasteiger partial charge in [-0.3, -0.25) is 9.78 Å². The molecule has 1 heterocycles. The topological polar surface area (TPSA) is 92.4 Å². The van der Waals surface area contributed by atoms with Gasteiger partial charge in [0, 0.05) is 31.5 Å². The number of pyridine rings is 1. The van der Waals surface area contributed by atoms with E-state index in [1.807, 2.05) is 42.5 Å². The van der Waals surface area contributed by atoms with Crippen molar-refractivity contribution in [2.75, 3.05) is 11.9 Å². The number of nitrogens with one attached hydrogen (secondary N) is 3. The van der Waals surface area contributed by atoms with Gasteiger partial charge in [-0.05, 0) is 41.5 Å². The van der Waals surface area contributed by atoms with Crippen LogP contribution in [0, 0.1) is 0 Å². The van der Waals surface area contributed by atoms with Gasteiger partial charge in [0.15, 0.2) is 0 Å². The van der Waals surface area contributed by atoms with Gasteiger partial charge >= 0.3 is 6.03 Å². The lowest BCUT2D eigenvalue weighted by atomic mass is 10.1. The maximum absolute atomic E-state index is 12.0. The molecule has 0 radical (unpaired) electrons. The Labute approximate surface area is 175 Å². The molecule has 154 valence electrons. The van der Waals surface area contributed by atoms with Gasteiger partial charge in [0.1, 0.15) is 12.4 Å². The molecule has 0 aliphatic rings. The third-order valence-electron chi connectivity index (χ3n) is 4.28. The molecule has 0 saturated carbocycles. The van der Waals surface area contributed by atoms with E-state index in [-0.39, 0.29) is 18.0 Å². The number of nitrogens with zero attached hydrogens (tertiary/aromatic N) is 1. The Kier molecular flexibility index (Phi) is 7.38. The number of rotatable bonds is 8. The third kappa shape index (κ3) is 6.63. The number of carbonyl (C=O) groups is 2. The summed E-state index contributed by atoms with van der Waals surface area (Å²) >= 11 is 0. The highest BCUT2D eigenvalue weighted by molar-refractivity contribution is 5.89. The van der Waals surface area contributed by atoms with Crippen LogP contribution in [0.15, 0.2) is 79.1 Å². The Bertz CT molecular complexity index is 947. The smallest absolute Gasteiger partial charge is 0.319 e. The lowest BCUT2D eigenvalue weighted by Gasteiger charge is -2.19.